The Labute approximate surface area is 136 Å². The van der Waals surface area contributed by atoms with E-state index in [-0.39, 0.29) is 6.54 Å². The second-order valence-corrected chi connectivity index (χ2v) is 7.96. The largest absolute Gasteiger partial charge is 0.275 e. The summed E-state index contributed by atoms with van der Waals surface area (Å²) in [6.45, 7) is 5.70. The maximum atomic E-state index is 12.8. The normalized spacial score (nSPS) is 12.1. The molecule has 0 aliphatic carbocycles. The highest BCUT2D eigenvalue weighted by Crippen LogP contribution is 2.26. The highest BCUT2D eigenvalue weighted by Gasteiger charge is 2.24. The molecule has 2 rings (SSSR count). The van der Waals surface area contributed by atoms with Gasteiger partial charge in [-0.1, -0.05) is 11.6 Å². The van der Waals surface area contributed by atoms with Gasteiger partial charge < -0.3 is 0 Å². The van der Waals surface area contributed by atoms with Gasteiger partial charge >= 0.3 is 0 Å². The Morgan fingerprint density at radius 3 is 2.41 bits per heavy atom. The van der Waals surface area contributed by atoms with Gasteiger partial charge in [0.2, 0.25) is 10.0 Å². The molecule has 0 bridgehead atoms. The Kier molecular flexibility index (Phi) is 4.65. The summed E-state index contributed by atoms with van der Waals surface area (Å²) in [6, 6.07) is 3.31. The summed E-state index contributed by atoms with van der Waals surface area (Å²) in [5.74, 6) is 0. The molecule has 0 spiro atoms. The zero-order chi connectivity index (χ0) is 16.7. The van der Waals surface area contributed by atoms with Gasteiger partial charge in [-0.3, -0.25) is 4.68 Å². The summed E-state index contributed by atoms with van der Waals surface area (Å²) in [5, 5.41) is 4.81. The van der Waals surface area contributed by atoms with Crippen molar-refractivity contribution in [3.05, 3.63) is 45.7 Å². The third-order valence-electron chi connectivity index (χ3n) is 3.65. The lowest BCUT2D eigenvalue weighted by atomic mass is 10.2. The number of rotatable bonds is 4. The Hall–Kier alpha value is -1.37. The minimum Gasteiger partial charge on any atom is -0.275 e. The fourth-order valence-electron chi connectivity index (χ4n) is 2.33. The summed E-state index contributed by atoms with van der Waals surface area (Å²) in [6.07, 6.45) is 1.83. The maximum Gasteiger partial charge on any atom is 0.243 e. The van der Waals surface area contributed by atoms with E-state index in [0.717, 1.165) is 16.8 Å². The predicted octanol–water partition coefficient (Wildman–Crippen LogP) is 2.82. The van der Waals surface area contributed by atoms with E-state index in [0.29, 0.717) is 15.5 Å². The van der Waals surface area contributed by atoms with Crippen LogP contribution >= 0.6 is 11.6 Å². The molecule has 1 aromatic carbocycles. The summed E-state index contributed by atoms with van der Waals surface area (Å²) in [5.41, 5.74) is 3.10. The van der Waals surface area contributed by atoms with E-state index in [1.54, 1.807) is 37.7 Å². The van der Waals surface area contributed by atoms with Crippen LogP contribution in [0.5, 0.6) is 0 Å². The molecular weight excluding hydrogens is 322 g/mol. The third kappa shape index (κ3) is 3.19. The van der Waals surface area contributed by atoms with Gasteiger partial charge in [-0.15, -0.1) is 0 Å². The molecule has 0 saturated heterocycles. The highest BCUT2D eigenvalue weighted by atomic mass is 35.5. The molecule has 0 N–H and O–H groups in total. The highest BCUT2D eigenvalue weighted by molar-refractivity contribution is 7.89. The Balaban J connectivity index is 2.38. The van der Waals surface area contributed by atoms with Crippen LogP contribution < -0.4 is 0 Å². The van der Waals surface area contributed by atoms with E-state index < -0.39 is 10.0 Å². The van der Waals surface area contributed by atoms with E-state index in [4.69, 9.17) is 11.6 Å². The zero-order valence-corrected chi connectivity index (χ0v) is 15.0. The number of aromatic nitrogens is 2. The average Bonchev–Trinajstić information content (AvgIpc) is 2.72. The quantitative estimate of drug-likeness (QED) is 0.859. The Morgan fingerprint density at radius 2 is 1.86 bits per heavy atom. The second-order valence-electron chi connectivity index (χ2n) is 5.54. The molecule has 0 amide bonds. The van der Waals surface area contributed by atoms with Crippen molar-refractivity contribution in [3.8, 4) is 0 Å². The monoisotopic (exact) mass is 341 g/mol. The van der Waals surface area contributed by atoms with Crippen LogP contribution in [0.2, 0.25) is 5.02 Å². The number of benzene rings is 1. The lowest BCUT2D eigenvalue weighted by Crippen LogP contribution is -2.27. The number of halogens is 1. The standard InChI is InChI=1S/C15H20ClN3O2S/c1-10-7-15(11(2)6-14(10)16)22(20,21)19(5)9-13-8-18(4)17-12(13)3/h6-8H,9H2,1-5H3. The van der Waals surface area contributed by atoms with Crippen molar-refractivity contribution in [2.75, 3.05) is 7.05 Å². The molecule has 0 saturated carbocycles. The Bertz CT molecular complexity index is 812. The first-order valence-electron chi connectivity index (χ1n) is 6.85. The van der Waals surface area contributed by atoms with Crippen LogP contribution in [0.1, 0.15) is 22.4 Å². The smallest absolute Gasteiger partial charge is 0.243 e. The molecule has 0 aliphatic heterocycles. The first kappa shape index (κ1) is 17.0. The lowest BCUT2D eigenvalue weighted by Gasteiger charge is -2.19. The van der Waals surface area contributed by atoms with Crippen LogP contribution in [-0.2, 0) is 23.6 Å². The summed E-state index contributed by atoms with van der Waals surface area (Å²) < 4.78 is 28.6. The van der Waals surface area contributed by atoms with Crippen LogP contribution in [0.15, 0.2) is 23.2 Å². The Morgan fingerprint density at radius 1 is 1.23 bits per heavy atom. The van der Waals surface area contributed by atoms with Crippen molar-refractivity contribution in [2.24, 2.45) is 7.05 Å². The second kappa shape index (κ2) is 6.02. The van der Waals surface area contributed by atoms with Crippen molar-refractivity contribution in [1.82, 2.24) is 14.1 Å². The summed E-state index contributed by atoms with van der Waals surface area (Å²) in [4.78, 5) is 0.290. The van der Waals surface area contributed by atoms with Gasteiger partial charge in [-0.25, -0.2) is 8.42 Å². The van der Waals surface area contributed by atoms with Gasteiger partial charge in [0.05, 0.1) is 10.6 Å². The lowest BCUT2D eigenvalue weighted by molar-refractivity contribution is 0.465. The number of hydrogen-bond donors (Lipinski definition) is 0. The van der Waals surface area contributed by atoms with Gasteiger partial charge in [-0.05, 0) is 44.0 Å². The molecule has 2 aromatic rings. The molecule has 120 valence electrons. The molecule has 22 heavy (non-hydrogen) atoms. The first-order chi connectivity index (χ1) is 10.1. The van der Waals surface area contributed by atoms with Crippen LogP contribution in [0.3, 0.4) is 0 Å². The van der Waals surface area contributed by atoms with Crippen LogP contribution in [0, 0.1) is 20.8 Å². The molecule has 1 aromatic heterocycles. The summed E-state index contributed by atoms with van der Waals surface area (Å²) in [7, 11) is -0.185. The molecule has 1 heterocycles. The summed E-state index contributed by atoms with van der Waals surface area (Å²) >= 11 is 6.05. The van der Waals surface area contributed by atoms with Crippen LogP contribution in [0.4, 0.5) is 0 Å². The number of aryl methyl sites for hydroxylation is 4. The average molecular weight is 342 g/mol. The molecule has 5 nitrogen and oxygen atoms in total. The van der Waals surface area contributed by atoms with Gasteiger partial charge in [0.15, 0.2) is 0 Å². The molecule has 7 heteroatoms. The van der Waals surface area contributed by atoms with Crippen molar-refractivity contribution in [2.45, 2.75) is 32.2 Å². The molecule has 0 fully saturated rings. The topological polar surface area (TPSA) is 55.2 Å². The van der Waals surface area contributed by atoms with Crippen molar-refractivity contribution in [1.29, 1.82) is 0 Å². The van der Waals surface area contributed by atoms with Gasteiger partial charge in [0, 0.05) is 37.4 Å². The number of hydrogen-bond acceptors (Lipinski definition) is 3. The van der Waals surface area contributed by atoms with Crippen molar-refractivity contribution in [3.63, 3.8) is 0 Å². The molecule has 0 aliphatic rings. The number of nitrogens with zero attached hydrogens (tertiary/aromatic N) is 3. The molecule has 0 radical (unpaired) electrons. The van der Waals surface area contributed by atoms with Gasteiger partial charge in [-0.2, -0.15) is 9.40 Å². The van der Waals surface area contributed by atoms with Gasteiger partial charge in [0.1, 0.15) is 0 Å². The van der Waals surface area contributed by atoms with Crippen LogP contribution in [-0.4, -0.2) is 29.6 Å². The van der Waals surface area contributed by atoms with E-state index in [9.17, 15) is 8.42 Å². The van der Waals surface area contributed by atoms with Gasteiger partial charge in [0.25, 0.3) is 0 Å². The van der Waals surface area contributed by atoms with E-state index in [2.05, 4.69) is 5.10 Å². The molecule has 0 atom stereocenters. The molecular formula is C15H20ClN3O2S. The minimum atomic E-state index is -3.58. The molecule has 0 unspecified atom stereocenters. The van der Waals surface area contributed by atoms with Crippen molar-refractivity contribution < 1.29 is 8.42 Å². The van der Waals surface area contributed by atoms with E-state index >= 15 is 0 Å². The van der Waals surface area contributed by atoms with Crippen LogP contribution in [0.25, 0.3) is 0 Å². The minimum absolute atomic E-state index is 0.281. The maximum absolute atomic E-state index is 12.8. The SMILES string of the molecule is Cc1cc(S(=O)(=O)N(C)Cc2cn(C)nc2C)c(C)cc1Cl. The first-order valence-corrected chi connectivity index (χ1v) is 8.67. The third-order valence-corrected chi connectivity index (χ3v) is 6.01. The number of sulfonamides is 1. The van der Waals surface area contributed by atoms with E-state index in [1.165, 1.54) is 4.31 Å². The predicted molar refractivity (Wildman–Crippen MR) is 87.5 cm³/mol. The zero-order valence-electron chi connectivity index (χ0n) is 13.4. The van der Waals surface area contributed by atoms with Crippen molar-refractivity contribution >= 4 is 21.6 Å². The van der Waals surface area contributed by atoms with E-state index in [1.807, 2.05) is 20.2 Å². The fraction of sp³-hybridized carbons (Fsp3) is 0.400. The fourth-order valence-corrected chi connectivity index (χ4v) is 3.98.